The highest BCUT2D eigenvalue weighted by atomic mass is 127. The fraction of sp³-hybridized carbons (Fsp3) is 0.318. The van der Waals surface area contributed by atoms with Crippen molar-refractivity contribution >= 4 is 46.4 Å². The molecule has 0 aromatic heterocycles. The molecular formula is C22H24IN3O5. The summed E-state index contributed by atoms with van der Waals surface area (Å²) in [7, 11) is 2.80. The van der Waals surface area contributed by atoms with E-state index in [1.807, 2.05) is 12.1 Å². The zero-order chi connectivity index (χ0) is 22.2. The molecule has 1 aliphatic heterocycles. The number of hydrogen-bond acceptors (Lipinski definition) is 7. The number of carbonyl (C=O) groups excluding carboxylic acids is 2. The number of nitrogens with zero attached hydrogens (tertiary/aromatic N) is 2. The predicted octanol–water partition coefficient (Wildman–Crippen LogP) is 3.22. The number of ether oxygens (including phenoxy) is 3. The number of esters is 1. The van der Waals surface area contributed by atoms with Gasteiger partial charge < -0.3 is 19.1 Å². The number of carbonyl (C=O) groups is 2. The molecule has 2 aromatic carbocycles. The summed E-state index contributed by atoms with van der Waals surface area (Å²) >= 11 is 2.08. The molecule has 0 bridgehead atoms. The van der Waals surface area contributed by atoms with Crippen LogP contribution in [0.2, 0.25) is 0 Å². The first-order chi connectivity index (χ1) is 15.0. The standard InChI is InChI=1S/C22H24IN3O5/c1-29-19-12-15(11-18(23)21(19)31-14-20(27)30-2)13-24-25-22(28)16-5-7-17(8-6-16)26-9-3-4-10-26/h5-8,11-13H,3-4,9-10,14H2,1-2H3,(H,25,28)/b24-13-. The smallest absolute Gasteiger partial charge is 0.343 e. The van der Waals surface area contributed by atoms with E-state index in [1.54, 1.807) is 24.3 Å². The topological polar surface area (TPSA) is 89.5 Å². The van der Waals surface area contributed by atoms with Crippen LogP contribution in [0.4, 0.5) is 5.69 Å². The molecule has 31 heavy (non-hydrogen) atoms. The molecule has 0 unspecified atom stereocenters. The first kappa shape index (κ1) is 22.9. The minimum Gasteiger partial charge on any atom is -0.493 e. The van der Waals surface area contributed by atoms with Gasteiger partial charge in [-0.15, -0.1) is 0 Å². The summed E-state index contributed by atoms with van der Waals surface area (Å²) in [4.78, 5) is 26.0. The number of methoxy groups -OCH3 is 2. The number of anilines is 1. The predicted molar refractivity (Wildman–Crippen MR) is 126 cm³/mol. The van der Waals surface area contributed by atoms with Crippen molar-refractivity contribution < 1.29 is 23.8 Å². The van der Waals surface area contributed by atoms with Crippen molar-refractivity contribution in [2.24, 2.45) is 5.10 Å². The molecule has 0 atom stereocenters. The molecule has 2 aromatic rings. The molecule has 0 spiro atoms. The Morgan fingerprint density at radius 3 is 2.52 bits per heavy atom. The highest BCUT2D eigenvalue weighted by molar-refractivity contribution is 14.1. The average Bonchev–Trinajstić information content (AvgIpc) is 3.32. The Bertz CT molecular complexity index is 956. The third kappa shape index (κ3) is 6.09. The molecule has 1 saturated heterocycles. The first-order valence-electron chi connectivity index (χ1n) is 9.77. The Morgan fingerprint density at radius 1 is 1.16 bits per heavy atom. The van der Waals surface area contributed by atoms with Crippen LogP contribution in [0.3, 0.4) is 0 Å². The second-order valence-electron chi connectivity index (χ2n) is 6.84. The molecule has 0 radical (unpaired) electrons. The normalized spacial score (nSPS) is 13.3. The number of rotatable bonds is 8. The molecule has 1 heterocycles. The van der Waals surface area contributed by atoms with Crippen LogP contribution >= 0.6 is 22.6 Å². The number of halogens is 1. The quantitative estimate of drug-likeness (QED) is 0.241. The minimum atomic E-state index is -0.486. The van der Waals surface area contributed by atoms with E-state index in [0.29, 0.717) is 22.6 Å². The number of nitrogens with one attached hydrogen (secondary N) is 1. The van der Waals surface area contributed by atoms with Crippen LogP contribution in [0.25, 0.3) is 0 Å². The highest BCUT2D eigenvalue weighted by Crippen LogP contribution is 2.33. The van der Waals surface area contributed by atoms with Crippen LogP contribution in [0.1, 0.15) is 28.8 Å². The minimum absolute atomic E-state index is 0.219. The van der Waals surface area contributed by atoms with Crippen LogP contribution in [0, 0.1) is 3.57 Å². The molecule has 0 aliphatic carbocycles. The lowest BCUT2D eigenvalue weighted by Gasteiger charge is -2.17. The maximum atomic E-state index is 12.4. The lowest BCUT2D eigenvalue weighted by Crippen LogP contribution is -2.19. The molecule has 3 rings (SSSR count). The van der Waals surface area contributed by atoms with Gasteiger partial charge in [-0.1, -0.05) is 0 Å². The van der Waals surface area contributed by atoms with E-state index in [2.05, 4.69) is 42.8 Å². The van der Waals surface area contributed by atoms with E-state index < -0.39 is 5.97 Å². The van der Waals surface area contributed by atoms with Crippen LogP contribution in [-0.2, 0) is 9.53 Å². The molecule has 9 heteroatoms. The van der Waals surface area contributed by atoms with Gasteiger partial charge in [0, 0.05) is 24.3 Å². The van der Waals surface area contributed by atoms with Crippen LogP contribution in [0.15, 0.2) is 41.5 Å². The summed E-state index contributed by atoms with van der Waals surface area (Å²) in [5.74, 6) is 0.109. The Balaban J connectivity index is 1.62. The second-order valence-corrected chi connectivity index (χ2v) is 8.00. The number of benzene rings is 2. The van der Waals surface area contributed by atoms with E-state index in [4.69, 9.17) is 9.47 Å². The Morgan fingerprint density at radius 2 is 1.87 bits per heavy atom. The van der Waals surface area contributed by atoms with E-state index >= 15 is 0 Å². The SMILES string of the molecule is COC(=O)COc1c(I)cc(/C=N\NC(=O)c2ccc(N3CCCC3)cc2)cc1OC. The zero-order valence-electron chi connectivity index (χ0n) is 17.4. The largest absolute Gasteiger partial charge is 0.493 e. The van der Waals surface area contributed by atoms with Gasteiger partial charge in [0.2, 0.25) is 0 Å². The van der Waals surface area contributed by atoms with Crippen molar-refractivity contribution in [2.75, 3.05) is 38.8 Å². The third-order valence-corrected chi connectivity index (χ3v) is 5.60. The van der Waals surface area contributed by atoms with Crippen molar-refractivity contribution in [2.45, 2.75) is 12.8 Å². The molecule has 1 N–H and O–H groups in total. The zero-order valence-corrected chi connectivity index (χ0v) is 19.5. The monoisotopic (exact) mass is 537 g/mol. The summed E-state index contributed by atoms with van der Waals surface area (Å²) in [6, 6.07) is 11.0. The van der Waals surface area contributed by atoms with Gasteiger partial charge in [0.25, 0.3) is 5.91 Å². The van der Waals surface area contributed by atoms with Gasteiger partial charge in [0.1, 0.15) is 0 Å². The summed E-state index contributed by atoms with van der Waals surface area (Å²) in [6.45, 7) is 1.90. The van der Waals surface area contributed by atoms with Crippen LogP contribution in [0.5, 0.6) is 11.5 Å². The van der Waals surface area contributed by atoms with Crippen molar-refractivity contribution in [3.8, 4) is 11.5 Å². The maximum Gasteiger partial charge on any atom is 0.343 e. The van der Waals surface area contributed by atoms with E-state index in [-0.39, 0.29) is 12.5 Å². The number of hydrazone groups is 1. The van der Waals surface area contributed by atoms with Gasteiger partial charge >= 0.3 is 5.97 Å². The summed E-state index contributed by atoms with van der Waals surface area (Å²) in [6.07, 6.45) is 3.93. The van der Waals surface area contributed by atoms with Crippen molar-refractivity contribution in [3.63, 3.8) is 0 Å². The van der Waals surface area contributed by atoms with Crippen LogP contribution < -0.4 is 19.8 Å². The second kappa shape index (κ2) is 11.0. The molecule has 0 saturated carbocycles. The maximum absolute atomic E-state index is 12.4. The van der Waals surface area contributed by atoms with Gasteiger partial charge in [0.15, 0.2) is 18.1 Å². The Hall–Kier alpha value is -2.82. The Kier molecular flexibility index (Phi) is 8.10. The first-order valence-corrected chi connectivity index (χ1v) is 10.8. The van der Waals surface area contributed by atoms with Gasteiger partial charge in [-0.3, -0.25) is 4.79 Å². The molecule has 164 valence electrons. The van der Waals surface area contributed by atoms with Crippen molar-refractivity contribution in [3.05, 3.63) is 51.1 Å². The molecule has 1 amide bonds. The molecular weight excluding hydrogens is 513 g/mol. The van der Waals surface area contributed by atoms with Gasteiger partial charge in [-0.25, -0.2) is 10.2 Å². The van der Waals surface area contributed by atoms with E-state index in [0.717, 1.165) is 22.3 Å². The van der Waals surface area contributed by atoms with Crippen molar-refractivity contribution in [1.82, 2.24) is 5.43 Å². The van der Waals surface area contributed by atoms with Crippen LogP contribution in [-0.4, -0.2) is 52.0 Å². The fourth-order valence-corrected chi connectivity index (χ4v) is 3.95. The third-order valence-electron chi connectivity index (χ3n) is 4.79. The number of hydrogen-bond donors (Lipinski definition) is 1. The lowest BCUT2D eigenvalue weighted by atomic mass is 10.2. The van der Waals surface area contributed by atoms with Gasteiger partial charge in [-0.05, 0) is 77.4 Å². The van der Waals surface area contributed by atoms with E-state index in [1.165, 1.54) is 33.3 Å². The highest BCUT2D eigenvalue weighted by Gasteiger charge is 2.14. The summed E-state index contributed by atoms with van der Waals surface area (Å²) in [5.41, 5.74) is 4.92. The molecule has 1 aliphatic rings. The van der Waals surface area contributed by atoms with Gasteiger partial charge in [0.05, 0.1) is 24.0 Å². The summed E-state index contributed by atoms with van der Waals surface area (Å²) < 4.78 is 16.1. The lowest BCUT2D eigenvalue weighted by molar-refractivity contribution is -0.142. The summed E-state index contributed by atoms with van der Waals surface area (Å²) in [5, 5.41) is 4.04. The molecule has 1 fully saturated rings. The fourth-order valence-electron chi connectivity index (χ4n) is 3.17. The average molecular weight is 537 g/mol. The number of amides is 1. The molecule has 8 nitrogen and oxygen atoms in total. The van der Waals surface area contributed by atoms with Crippen molar-refractivity contribution in [1.29, 1.82) is 0 Å². The Labute approximate surface area is 194 Å². The van der Waals surface area contributed by atoms with E-state index in [9.17, 15) is 9.59 Å². The van der Waals surface area contributed by atoms with Gasteiger partial charge in [-0.2, -0.15) is 5.10 Å².